The van der Waals surface area contributed by atoms with E-state index in [-0.39, 0.29) is 17.9 Å². The van der Waals surface area contributed by atoms with E-state index in [4.69, 9.17) is 0 Å². The molecule has 1 saturated heterocycles. The van der Waals surface area contributed by atoms with Crippen LogP contribution in [0, 0.1) is 0 Å². The second-order valence-corrected chi connectivity index (χ2v) is 6.40. The number of nitrogens with one attached hydrogen (secondary N) is 1. The Labute approximate surface area is 125 Å². The zero-order valence-electron chi connectivity index (χ0n) is 10.6. The molecule has 0 saturated carbocycles. The minimum absolute atomic E-state index is 0.0122. The molecule has 1 aromatic carbocycles. The average Bonchev–Trinajstić information content (AvgIpc) is 2.30. The van der Waals surface area contributed by atoms with E-state index in [0.29, 0.717) is 18.8 Å². The van der Waals surface area contributed by atoms with Gasteiger partial charge >= 0.3 is 0 Å². The number of benzene rings is 1. The number of amides is 2. The van der Waals surface area contributed by atoms with Gasteiger partial charge in [-0.3, -0.25) is 9.59 Å². The molecule has 4 nitrogen and oxygen atoms in total. The van der Waals surface area contributed by atoms with Crippen molar-refractivity contribution in [3.05, 3.63) is 28.7 Å². The summed E-state index contributed by atoms with van der Waals surface area (Å²) in [4.78, 5) is 25.5. The first-order valence-electron chi connectivity index (χ1n) is 5.98. The van der Waals surface area contributed by atoms with Crippen LogP contribution in [0.15, 0.2) is 33.6 Å². The molecule has 0 atom stereocenters. The number of nitrogens with zero attached hydrogens (tertiary/aromatic N) is 1. The van der Waals surface area contributed by atoms with Crippen LogP contribution in [0.25, 0.3) is 0 Å². The van der Waals surface area contributed by atoms with Crippen LogP contribution in [0.1, 0.15) is 6.92 Å². The summed E-state index contributed by atoms with van der Waals surface area (Å²) in [5.41, 5.74) is 0. The van der Waals surface area contributed by atoms with Crippen molar-refractivity contribution >= 4 is 39.5 Å². The topological polar surface area (TPSA) is 49.4 Å². The fraction of sp³-hybridized carbons (Fsp3) is 0.385. The number of carbonyl (C=O) groups is 2. The highest BCUT2D eigenvalue weighted by Crippen LogP contribution is 2.21. The van der Waals surface area contributed by atoms with Crippen molar-refractivity contribution in [3.8, 4) is 0 Å². The lowest BCUT2D eigenvalue weighted by molar-refractivity contribution is -0.135. The number of hydrogen-bond acceptors (Lipinski definition) is 3. The Balaban J connectivity index is 1.70. The van der Waals surface area contributed by atoms with Gasteiger partial charge in [-0.25, -0.2) is 0 Å². The standard InChI is InChI=1S/C13H15BrN2O2S/c1-9(17)16-6-11(7-16)15-13(18)8-19-12-4-2-3-10(14)5-12/h2-5,11H,6-8H2,1H3,(H,15,18). The zero-order valence-corrected chi connectivity index (χ0v) is 13.0. The van der Waals surface area contributed by atoms with Gasteiger partial charge in [-0.1, -0.05) is 22.0 Å². The van der Waals surface area contributed by atoms with Crippen LogP contribution in [0.5, 0.6) is 0 Å². The molecule has 1 aliphatic rings. The fourth-order valence-electron chi connectivity index (χ4n) is 1.80. The van der Waals surface area contributed by atoms with Gasteiger partial charge in [0.25, 0.3) is 0 Å². The van der Waals surface area contributed by atoms with Crippen molar-refractivity contribution in [2.45, 2.75) is 17.9 Å². The first kappa shape index (κ1) is 14.4. The molecule has 0 aromatic heterocycles. The molecule has 0 spiro atoms. The molecule has 6 heteroatoms. The lowest BCUT2D eigenvalue weighted by Crippen LogP contribution is -2.60. The van der Waals surface area contributed by atoms with Gasteiger partial charge in [0, 0.05) is 29.4 Å². The van der Waals surface area contributed by atoms with E-state index in [9.17, 15) is 9.59 Å². The SMILES string of the molecule is CC(=O)N1CC(NC(=O)CSc2cccc(Br)c2)C1. The van der Waals surface area contributed by atoms with Gasteiger partial charge in [0.1, 0.15) is 0 Å². The number of hydrogen-bond donors (Lipinski definition) is 1. The molecule has 0 radical (unpaired) electrons. The minimum atomic E-state index is 0.0122. The molecule has 0 aliphatic carbocycles. The Morgan fingerprint density at radius 2 is 2.21 bits per heavy atom. The Hall–Kier alpha value is -1.01. The van der Waals surface area contributed by atoms with Crippen LogP contribution < -0.4 is 5.32 Å². The van der Waals surface area contributed by atoms with Gasteiger partial charge < -0.3 is 10.2 Å². The van der Waals surface area contributed by atoms with Crippen molar-refractivity contribution in [2.75, 3.05) is 18.8 Å². The van der Waals surface area contributed by atoms with E-state index in [1.54, 1.807) is 11.8 Å². The Bertz CT molecular complexity index is 489. The average molecular weight is 343 g/mol. The maximum atomic E-state index is 11.7. The third-order valence-corrected chi connectivity index (χ3v) is 4.35. The highest BCUT2D eigenvalue weighted by Gasteiger charge is 2.29. The second-order valence-electron chi connectivity index (χ2n) is 4.43. The molecule has 1 fully saturated rings. The number of thioether (sulfide) groups is 1. The summed E-state index contributed by atoms with van der Waals surface area (Å²) < 4.78 is 1.01. The predicted molar refractivity (Wildman–Crippen MR) is 79.1 cm³/mol. The highest BCUT2D eigenvalue weighted by atomic mass is 79.9. The zero-order chi connectivity index (χ0) is 13.8. The monoisotopic (exact) mass is 342 g/mol. The Morgan fingerprint density at radius 1 is 1.47 bits per heavy atom. The number of rotatable bonds is 4. The lowest BCUT2D eigenvalue weighted by Gasteiger charge is -2.38. The second kappa shape index (κ2) is 6.43. The number of likely N-dealkylation sites (tertiary alicyclic amines) is 1. The maximum Gasteiger partial charge on any atom is 0.230 e. The first-order valence-corrected chi connectivity index (χ1v) is 7.75. The van der Waals surface area contributed by atoms with Crippen LogP contribution in [-0.2, 0) is 9.59 Å². The van der Waals surface area contributed by atoms with Gasteiger partial charge in [-0.15, -0.1) is 11.8 Å². The summed E-state index contributed by atoms with van der Waals surface area (Å²) in [5, 5.41) is 2.92. The maximum absolute atomic E-state index is 11.7. The molecule has 2 amide bonds. The smallest absolute Gasteiger partial charge is 0.230 e. The molecule has 102 valence electrons. The van der Waals surface area contributed by atoms with E-state index in [1.165, 1.54) is 11.8 Å². The molecule has 1 N–H and O–H groups in total. The quantitative estimate of drug-likeness (QED) is 0.850. The van der Waals surface area contributed by atoms with Gasteiger partial charge in [-0.05, 0) is 18.2 Å². The first-order chi connectivity index (χ1) is 9.04. The summed E-state index contributed by atoms with van der Waals surface area (Å²) in [5.74, 6) is 0.472. The van der Waals surface area contributed by atoms with Crippen LogP contribution in [0.3, 0.4) is 0 Å². The van der Waals surface area contributed by atoms with Crippen molar-refractivity contribution in [1.82, 2.24) is 10.2 Å². The van der Waals surface area contributed by atoms with Crippen molar-refractivity contribution in [3.63, 3.8) is 0 Å². The molecule has 19 heavy (non-hydrogen) atoms. The Morgan fingerprint density at radius 3 is 2.84 bits per heavy atom. The summed E-state index contributed by atoms with van der Waals surface area (Å²) in [6, 6.07) is 7.97. The van der Waals surface area contributed by atoms with E-state index in [1.807, 2.05) is 24.3 Å². The molecule has 1 aliphatic heterocycles. The molecule has 2 rings (SSSR count). The highest BCUT2D eigenvalue weighted by molar-refractivity contribution is 9.10. The molecule has 1 heterocycles. The summed E-state index contributed by atoms with van der Waals surface area (Å²) in [6.07, 6.45) is 0. The van der Waals surface area contributed by atoms with Crippen LogP contribution >= 0.6 is 27.7 Å². The number of carbonyl (C=O) groups excluding carboxylic acids is 2. The van der Waals surface area contributed by atoms with E-state index in [2.05, 4.69) is 21.2 Å². The van der Waals surface area contributed by atoms with Crippen molar-refractivity contribution < 1.29 is 9.59 Å². The molecular formula is C13H15BrN2O2S. The van der Waals surface area contributed by atoms with Gasteiger partial charge in [-0.2, -0.15) is 0 Å². The largest absolute Gasteiger partial charge is 0.349 e. The van der Waals surface area contributed by atoms with Crippen LogP contribution in [-0.4, -0.2) is 41.6 Å². The normalized spacial score (nSPS) is 14.9. The minimum Gasteiger partial charge on any atom is -0.349 e. The molecular weight excluding hydrogens is 328 g/mol. The summed E-state index contributed by atoms with van der Waals surface area (Å²) in [6.45, 7) is 2.80. The van der Waals surface area contributed by atoms with Gasteiger partial charge in [0.05, 0.1) is 11.8 Å². The number of halogens is 1. The molecule has 1 aromatic rings. The summed E-state index contributed by atoms with van der Waals surface area (Å²) >= 11 is 4.90. The van der Waals surface area contributed by atoms with Crippen LogP contribution in [0.4, 0.5) is 0 Å². The predicted octanol–water partition coefficient (Wildman–Crippen LogP) is 1.89. The van der Waals surface area contributed by atoms with Gasteiger partial charge in [0.15, 0.2) is 0 Å². The van der Waals surface area contributed by atoms with E-state index in [0.717, 1.165) is 9.37 Å². The van der Waals surface area contributed by atoms with Crippen molar-refractivity contribution in [1.29, 1.82) is 0 Å². The summed E-state index contributed by atoms with van der Waals surface area (Å²) in [7, 11) is 0. The third-order valence-electron chi connectivity index (χ3n) is 2.86. The van der Waals surface area contributed by atoms with Crippen LogP contribution in [0.2, 0.25) is 0 Å². The molecule has 0 bridgehead atoms. The lowest BCUT2D eigenvalue weighted by atomic mass is 10.1. The van der Waals surface area contributed by atoms with E-state index >= 15 is 0 Å². The van der Waals surface area contributed by atoms with E-state index < -0.39 is 0 Å². The Kier molecular flexibility index (Phi) is 4.87. The molecule has 0 unspecified atom stereocenters. The fourth-order valence-corrected chi connectivity index (χ4v) is 3.12. The third kappa shape index (κ3) is 4.24. The van der Waals surface area contributed by atoms with Crippen molar-refractivity contribution in [2.24, 2.45) is 0 Å². The van der Waals surface area contributed by atoms with Gasteiger partial charge in [0.2, 0.25) is 11.8 Å².